The van der Waals surface area contributed by atoms with Crippen molar-refractivity contribution < 1.29 is 0 Å². The number of aryl methyl sites for hydroxylation is 2. The van der Waals surface area contributed by atoms with Crippen LogP contribution in [-0.4, -0.2) is 9.97 Å². The van der Waals surface area contributed by atoms with E-state index in [0.717, 1.165) is 39.2 Å². The third-order valence-electron chi connectivity index (χ3n) is 14.1. The standard InChI is InChI=1S/C64H46N2/c1-43-31-35-45(36-32-43)61(46-37-33-44(2)34-38-46)62(47-17-15-19-49(41-47)63(59-29-11-13-39-65-59)55-25-7-3-21-51(55)52-22-4-8-26-56(52)63)48-18-16-20-50(42-48)64(60-30-12-14-40-66-60)57-27-9-5-23-53(57)54-24-6-10-28-58(54)64/h3-42H,1-2H3. The van der Waals surface area contributed by atoms with Crippen molar-refractivity contribution in [2.24, 2.45) is 0 Å². The van der Waals surface area contributed by atoms with Crippen molar-refractivity contribution in [1.29, 1.82) is 0 Å². The molecule has 0 saturated carbocycles. The van der Waals surface area contributed by atoms with Crippen LogP contribution in [-0.2, 0) is 10.8 Å². The maximum absolute atomic E-state index is 5.20. The Morgan fingerprint density at radius 2 is 0.636 bits per heavy atom. The summed E-state index contributed by atoms with van der Waals surface area (Å²) in [5.74, 6) is 0. The first-order chi connectivity index (χ1) is 32.6. The van der Waals surface area contributed by atoms with Crippen LogP contribution in [0.2, 0.25) is 0 Å². The average Bonchev–Trinajstić information content (AvgIpc) is 3.86. The van der Waals surface area contributed by atoms with Gasteiger partial charge < -0.3 is 0 Å². The first kappa shape index (κ1) is 39.4. The van der Waals surface area contributed by atoms with Crippen molar-refractivity contribution in [1.82, 2.24) is 9.97 Å². The van der Waals surface area contributed by atoms with Gasteiger partial charge >= 0.3 is 0 Å². The first-order valence-corrected chi connectivity index (χ1v) is 22.9. The molecule has 0 aliphatic heterocycles. The van der Waals surface area contributed by atoms with Gasteiger partial charge in [0.15, 0.2) is 0 Å². The highest BCUT2D eigenvalue weighted by Gasteiger charge is 2.48. The van der Waals surface area contributed by atoms with Gasteiger partial charge in [-0.05, 0) is 139 Å². The van der Waals surface area contributed by atoms with Gasteiger partial charge in [-0.2, -0.15) is 0 Å². The van der Waals surface area contributed by atoms with Crippen LogP contribution >= 0.6 is 0 Å². The molecule has 2 nitrogen and oxygen atoms in total. The quantitative estimate of drug-likeness (QED) is 0.142. The van der Waals surface area contributed by atoms with Gasteiger partial charge in [0.05, 0.1) is 22.2 Å². The van der Waals surface area contributed by atoms with E-state index in [4.69, 9.17) is 9.97 Å². The zero-order valence-electron chi connectivity index (χ0n) is 37.0. The molecule has 0 fully saturated rings. The number of pyridine rings is 2. The molecule has 0 unspecified atom stereocenters. The van der Waals surface area contributed by atoms with Gasteiger partial charge in [-0.15, -0.1) is 0 Å². The molecule has 10 aromatic rings. The smallest absolute Gasteiger partial charge is 0.0886 e. The Labute approximate surface area is 387 Å². The summed E-state index contributed by atoms with van der Waals surface area (Å²) in [5.41, 5.74) is 22.2. The molecule has 0 radical (unpaired) electrons. The maximum atomic E-state index is 5.20. The molecule has 0 amide bonds. The molecule has 312 valence electrons. The van der Waals surface area contributed by atoms with Gasteiger partial charge in [0, 0.05) is 12.4 Å². The Hall–Kier alpha value is -8.20. The fraction of sp³-hybridized carbons (Fsp3) is 0.0625. The number of rotatable bonds is 8. The number of fused-ring (bicyclic) bond motifs is 6. The van der Waals surface area contributed by atoms with Crippen LogP contribution in [0.1, 0.15) is 78.1 Å². The van der Waals surface area contributed by atoms with Crippen LogP contribution in [0.25, 0.3) is 33.4 Å². The highest BCUT2D eigenvalue weighted by molar-refractivity contribution is 6.05. The fourth-order valence-corrected chi connectivity index (χ4v) is 11.3. The summed E-state index contributed by atoms with van der Waals surface area (Å²) in [5, 5.41) is 0. The van der Waals surface area contributed by atoms with Crippen molar-refractivity contribution in [2.45, 2.75) is 24.7 Å². The lowest BCUT2D eigenvalue weighted by Gasteiger charge is -2.34. The topological polar surface area (TPSA) is 25.8 Å². The lowest BCUT2D eigenvalue weighted by Crippen LogP contribution is -2.30. The molecule has 0 N–H and O–H groups in total. The minimum Gasteiger partial charge on any atom is -0.260 e. The van der Waals surface area contributed by atoms with Crippen molar-refractivity contribution in [3.63, 3.8) is 0 Å². The highest BCUT2D eigenvalue weighted by atomic mass is 14.7. The molecule has 2 heteroatoms. The molecule has 0 bridgehead atoms. The normalized spacial score (nSPS) is 13.5. The van der Waals surface area contributed by atoms with Crippen LogP contribution in [0, 0.1) is 13.8 Å². The lowest BCUT2D eigenvalue weighted by atomic mass is 9.68. The second-order valence-electron chi connectivity index (χ2n) is 17.8. The number of nitrogens with zero attached hydrogens (tertiary/aromatic N) is 2. The third kappa shape index (κ3) is 5.95. The summed E-state index contributed by atoms with van der Waals surface area (Å²) in [7, 11) is 0. The van der Waals surface area contributed by atoms with Crippen LogP contribution < -0.4 is 0 Å². The number of benzene rings is 8. The molecule has 12 rings (SSSR count). The molecule has 0 spiro atoms. The maximum Gasteiger partial charge on any atom is 0.0886 e. The molecule has 2 aliphatic rings. The third-order valence-corrected chi connectivity index (χ3v) is 14.1. The highest BCUT2D eigenvalue weighted by Crippen LogP contribution is 2.58. The van der Waals surface area contributed by atoms with Crippen LogP contribution in [0.5, 0.6) is 0 Å². The van der Waals surface area contributed by atoms with Crippen molar-refractivity contribution >= 4 is 11.1 Å². The predicted octanol–water partition coefficient (Wildman–Crippen LogP) is 14.8. The molecule has 0 atom stereocenters. The monoisotopic (exact) mass is 842 g/mol. The Kier molecular flexibility index (Phi) is 9.43. The average molecular weight is 843 g/mol. The summed E-state index contributed by atoms with van der Waals surface area (Å²) >= 11 is 0. The first-order valence-electron chi connectivity index (χ1n) is 22.9. The molecule has 2 aromatic heterocycles. The molecule has 8 aromatic carbocycles. The Balaban J connectivity index is 1.19. The zero-order valence-corrected chi connectivity index (χ0v) is 37.0. The minimum atomic E-state index is -0.661. The fourth-order valence-electron chi connectivity index (χ4n) is 11.3. The van der Waals surface area contributed by atoms with E-state index in [0.29, 0.717) is 0 Å². The molecule has 2 heterocycles. The zero-order chi connectivity index (χ0) is 44.2. The summed E-state index contributed by atoms with van der Waals surface area (Å²) in [6, 6.07) is 85.0. The number of hydrogen-bond acceptors (Lipinski definition) is 2. The predicted molar refractivity (Wildman–Crippen MR) is 270 cm³/mol. The van der Waals surface area contributed by atoms with E-state index in [-0.39, 0.29) is 0 Å². The molecule has 66 heavy (non-hydrogen) atoms. The van der Waals surface area contributed by atoms with Gasteiger partial charge in [0.2, 0.25) is 0 Å². The van der Waals surface area contributed by atoms with E-state index < -0.39 is 10.8 Å². The number of hydrogen-bond donors (Lipinski definition) is 0. The molecular formula is C64H46N2. The lowest BCUT2D eigenvalue weighted by molar-refractivity contribution is 0.734. The molecule has 0 saturated heterocycles. The van der Waals surface area contributed by atoms with E-state index in [1.54, 1.807) is 0 Å². The van der Waals surface area contributed by atoms with Crippen molar-refractivity contribution in [3.05, 3.63) is 321 Å². The van der Waals surface area contributed by atoms with Gasteiger partial charge in [0.25, 0.3) is 0 Å². The minimum absolute atomic E-state index is 0.661. The summed E-state index contributed by atoms with van der Waals surface area (Å²) in [4.78, 5) is 10.4. The van der Waals surface area contributed by atoms with Crippen LogP contribution in [0.15, 0.2) is 243 Å². The Morgan fingerprint density at radius 3 is 0.985 bits per heavy atom. The second kappa shape index (κ2) is 15.8. The van der Waals surface area contributed by atoms with Gasteiger partial charge in [-0.1, -0.05) is 205 Å². The van der Waals surface area contributed by atoms with E-state index >= 15 is 0 Å². The van der Waals surface area contributed by atoms with Crippen molar-refractivity contribution in [2.75, 3.05) is 0 Å². The summed E-state index contributed by atoms with van der Waals surface area (Å²) in [6.45, 7) is 4.32. The van der Waals surface area contributed by atoms with Crippen molar-refractivity contribution in [3.8, 4) is 22.3 Å². The van der Waals surface area contributed by atoms with E-state index in [1.807, 2.05) is 24.5 Å². The molecular weight excluding hydrogens is 797 g/mol. The second-order valence-corrected chi connectivity index (χ2v) is 17.8. The Morgan fingerprint density at radius 1 is 0.303 bits per heavy atom. The van der Waals surface area contributed by atoms with Crippen LogP contribution in [0.3, 0.4) is 0 Å². The SMILES string of the molecule is Cc1ccc(C(=C(c2cccc(C3(c4ccccn4)c4ccccc4-c4ccccc43)c2)c2cccc(C3(c4ccccn4)c4ccccc4-c4ccccc43)c2)c2ccc(C)cc2)cc1. The van der Waals surface area contributed by atoms with Crippen LogP contribution in [0.4, 0.5) is 0 Å². The van der Waals surface area contributed by atoms with E-state index in [2.05, 4.69) is 232 Å². The molecule has 2 aliphatic carbocycles. The van der Waals surface area contributed by atoms with Gasteiger partial charge in [-0.3, -0.25) is 9.97 Å². The van der Waals surface area contributed by atoms with E-state index in [1.165, 1.54) is 72.3 Å². The van der Waals surface area contributed by atoms with Gasteiger partial charge in [0.1, 0.15) is 0 Å². The summed E-state index contributed by atoms with van der Waals surface area (Å²) < 4.78 is 0. The number of aromatic nitrogens is 2. The summed E-state index contributed by atoms with van der Waals surface area (Å²) in [6.07, 6.45) is 3.87. The largest absolute Gasteiger partial charge is 0.260 e. The van der Waals surface area contributed by atoms with E-state index in [9.17, 15) is 0 Å². The van der Waals surface area contributed by atoms with Gasteiger partial charge in [-0.25, -0.2) is 0 Å². The Bertz CT molecular complexity index is 3150.